The molecule has 23 heavy (non-hydrogen) atoms. The van der Waals surface area contributed by atoms with Crippen molar-refractivity contribution in [1.82, 2.24) is 0 Å². The Morgan fingerprint density at radius 2 is 1.83 bits per heavy atom. The quantitative estimate of drug-likeness (QED) is 0.787. The Morgan fingerprint density at radius 3 is 2.57 bits per heavy atom. The summed E-state index contributed by atoms with van der Waals surface area (Å²) in [5, 5.41) is 13.8. The number of carbonyl (C=O) groups excluding carboxylic acids is 2. The van der Waals surface area contributed by atoms with Crippen molar-refractivity contribution in [2.24, 2.45) is 0 Å². The number of thioether (sulfide) groups is 1. The Morgan fingerprint density at radius 1 is 1.13 bits per heavy atom. The molecular weight excluding hydrogens is 314 g/mol. The monoisotopic (exact) mass is 330 g/mol. The van der Waals surface area contributed by atoms with Crippen LogP contribution in [0.15, 0.2) is 53.4 Å². The molecule has 5 nitrogen and oxygen atoms in total. The lowest BCUT2D eigenvalue weighted by Crippen LogP contribution is -2.23. The predicted octanol–water partition coefficient (Wildman–Crippen LogP) is 2.18. The van der Waals surface area contributed by atoms with E-state index < -0.39 is 5.97 Å². The van der Waals surface area contributed by atoms with Gasteiger partial charge in [0.25, 0.3) is 0 Å². The molecule has 6 heteroatoms. The number of carbonyl (C=O) groups is 2. The second-order valence-electron chi connectivity index (χ2n) is 4.55. The van der Waals surface area contributed by atoms with Crippen molar-refractivity contribution in [2.75, 3.05) is 17.7 Å². The van der Waals surface area contributed by atoms with E-state index in [1.54, 1.807) is 36.4 Å². The fourth-order valence-electron chi connectivity index (χ4n) is 1.94. The second kappa shape index (κ2) is 8.24. The minimum Gasteiger partial charge on any atom is -0.545 e. The molecule has 0 heterocycles. The molecule has 0 unspecified atom stereocenters. The first kappa shape index (κ1) is 16.9. The van der Waals surface area contributed by atoms with Crippen LogP contribution < -0.4 is 15.2 Å². The van der Waals surface area contributed by atoms with E-state index in [0.29, 0.717) is 22.9 Å². The highest BCUT2D eigenvalue weighted by Gasteiger charge is 2.10. The number of anilines is 1. The first-order valence-electron chi connectivity index (χ1n) is 7.06. The molecular formula is C17H16NO4S-. The molecule has 0 aliphatic carbocycles. The molecule has 0 aliphatic heterocycles. The predicted molar refractivity (Wildman–Crippen MR) is 87.7 cm³/mol. The summed E-state index contributed by atoms with van der Waals surface area (Å²) in [4.78, 5) is 23.6. The van der Waals surface area contributed by atoms with Crippen molar-refractivity contribution in [2.45, 2.75) is 11.8 Å². The molecule has 0 radical (unpaired) electrons. The molecule has 2 aromatic rings. The first-order chi connectivity index (χ1) is 11.1. The number of benzene rings is 2. The lowest BCUT2D eigenvalue weighted by Gasteiger charge is -2.12. The van der Waals surface area contributed by atoms with Gasteiger partial charge < -0.3 is 20.0 Å². The van der Waals surface area contributed by atoms with Gasteiger partial charge in [0, 0.05) is 10.5 Å². The summed E-state index contributed by atoms with van der Waals surface area (Å²) in [6.45, 7) is 2.37. The molecule has 2 rings (SSSR count). The Kier molecular flexibility index (Phi) is 6.05. The van der Waals surface area contributed by atoms with Crippen LogP contribution in [0.5, 0.6) is 5.75 Å². The van der Waals surface area contributed by atoms with Gasteiger partial charge in [0.15, 0.2) is 0 Å². The Bertz CT molecular complexity index is 702. The summed E-state index contributed by atoms with van der Waals surface area (Å²) in [6.07, 6.45) is 0. The normalized spacial score (nSPS) is 10.1. The van der Waals surface area contributed by atoms with Crippen molar-refractivity contribution in [1.29, 1.82) is 0 Å². The molecule has 0 aromatic heterocycles. The van der Waals surface area contributed by atoms with E-state index in [0.717, 1.165) is 11.8 Å². The van der Waals surface area contributed by atoms with Crippen molar-refractivity contribution in [3.05, 3.63) is 54.1 Å². The second-order valence-corrected chi connectivity index (χ2v) is 5.57. The maximum absolute atomic E-state index is 12.1. The summed E-state index contributed by atoms with van der Waals surface area (Å²) in [5.74, 6) is -0.806. The van der Waals surface area contributed by atoms with Crippen LogP contribution in [0, 0.1) is 0 Å². The van der Waals surface area contributed by atoms with Gasteiger partial charge in [-0.25, -0.2) is 0 Å². The summed E-state index contributed by atoms with van der Waals surface area (Å²) in [6, 6.07) is 13.6. The Balaban J connectivity index is 2.00. The lowest BCUT2D eigenvalue weighted by molar-refractivity contribution is -0.255. The fraction of sp³-hybridized carbons (Fsp3) is 0.176. The van der Waals surface area contributed by atoms with Gasteiger partial charge in [-0.3, -0.25) is 4.79 Å². The lowest BCUT2D eigenvalue weighted by atomic mass is 10.2. The molecule has 0 spiro atoms. The number of ether oxygens (including phenoxy) is 1. The van der Waals surface area contributed by atoms with Crippen molar-refractivity contribution >= 4 is 29.3 Å². The van der Waals surface area contributed by atoms with Crippen LogP contribution in [-0.4, -0.2) is 24.2 Å². The van der Waals surface area contributed by atoms with E-state index in [2.05, 4.69) is 5.32 Å². The maximum Gasteiger partial charge on any atom is 0.234 e. The highest BCUT2D eigenvalue weighted by atomic mass is 32.2. The van der Waals surface area contributed by atoms with Gasteiger partial charge in [0.1, 0.15) is 5.75 Å². The third-order valence-electron chi connectivity index (χ3n) is 2.93. The molecule has 1 amide bonds. The highest BCUT2D eigenvalue weighted by molar-refractivity contribution is 8.00. The van der Waals surface area contributed by atoms with Gasteiger partial charge in [-0.1, -0.05) is 30.3 Å². The molecule has 0 aliphatic rings. The van der Waals surface area contributed by atoms with Crippen LogP contribution in [-0.2, 0) is 4.79 Å². The summed E-state index contributed by atoms with van der Waals surface area (Å²) in [5.41, 5.74) is 0.674. The molecule has 0 fully saturated rings. The van der Waals surface area contributed by atoms with Gasteiger partial charge in [0.2, 0.25) is 5.91 Å². The zero-order valence-electron chi connectivity index (χ0n) is 12.6. The standard InChI is InChI=1S/C17H17NO4S/c1-2-22-14-9-5-4-8-13(14)18-16(19)11-23-15-10-6-3-7-12(15)17(20)21/h3-10H,2,11H2,1H3,(H,18,19)(H,20,21)/p-1. The molecule has 0 saturated carbocycles. The molecule has 0 saturated heterocycles. The van der Waals surface area contributed by atoms with E-state index in [1.165, 1.54) is 6.07 Å². The smallest absolute Gasteiger partial charge is 0.234 e. The number of rotatable bonds is 7. The van der Waals surface area contributed by atoms with Crippen LogP contribution in [0.1, 0.15) is 17.3 Å². The zero-order chi connectivity index (χ0) is 16.7. The zero-order valence-corrected chi connectivity index (χ0v) is 13.4. The molecule has 2 aromatic carbocycles. The third-order valence-corrected chi connectivity index (χ3v) is 4.00. The molecule has 120 valence electrons. The van der Waals surface area contributed by atoms with Gasteiger partial charge >= 0.3 is 0 Å². The van der Waals surface area contributed by atoms with E-state index in [4.69, 9.17) is 4.74 Å². The van der Waals surface area contributed by atoms with Gasteiger partial charge in [0.05, 0.1) is 24.0 Å². The van der Waals surface area contributed by atoms with Gasteiger partial charge in [-0.15, -0.1) is 11.8 Å². The Labute approximate surface area is 138 Å². The molecule has 1 N–H and O–H groups in total. The van der Waals surface area contributed by atoms with Crippen molar-refractivity contribution in [3.63, 3.8) is 0 Å². The third kappa shape index (κ3) is 4.75. The number of nitrogens with one attached hydrogen (secondary N) is 1. The number of aromatic carboxylic acids is 1. The number of para-hydroxylation sites is 2. The summed E-state index contributed by atoms with van der Waals surface area (Å²) >= 11 is 1.15. The number of amides is 1. The van der Waals surface area contributed by atoms with Crippen LogP contribution in [0.25, 0.3) is 0 Å². The number of carboxylic acid groups (broad SMARTS) is 1. The fourth-order valence-corrected chi connectivity index (χ4v) is 2.78. The minimum absolute atomic E-state index is 0.0833. The number of hydrogen-bond donors (Lipinski definition) is 1. The first-order valence-corrected chi connectivity index (χ1v) is 8.05. The average Bonchev–Trinajstić information content (AvgIpc) is 2.55. The maximum atomic E-state index is 12.1. The van der Waals surface area contributed by atoms with E-state index >= 15 is 0 Å². The minimum atomic E-state index is -1.25. The molecule has 0 atom stereocenters. The van der Waals surface area contributed by atoms with Gasteiger partial charge in [-0.05, 0) is 25.1 Å². The number of hydrogen-bond acceptors (Lipinski definition) is 5. The SMILES string of the molecule is CCOc1ccccc1NC(=O)CSc1ccccc1C(=O)[O-]. The van der Waals surface area contributed by atoms with Crippen LogP contribution in [0.2, 0.25) is 0 Å². The highest BCUT2D eigenvalue weighted by Crippen LogP contribution is 2.25. The number of carboxylic acids is 1. The summed E-state index contributed by atoms with van der Waals surface area (Å²) in [7, 11) is 0. The van der Waals surface area contributed by atoms with Crippen molar-refractivity contribution < 1.29 is 19.4 Å². The largest absolute Gasteiger partial charge is 0.545 e. The van der Waals surface area contributed by atoms with Crippen molar-refractivity contribution in [3.8, 4) is 5.75 Å². The van der Waals surface area contributed by atoms with E-state index in [9.17, 15) is 14.7 Å². The van der Waals surface area contributed by atoms with Crippen LogP contribution in [0.4, 0.5) is 5.69 Å². The molecule has 0 bridgehead atoms. The summed E-state index contributed by atoms with van der Waals surface area (Å²) < 4.78 is 5.44. The Hall–Kier alpha value is -2.47. The van der Waals surface area contributed by atoms with Crippen LogP contribution >= 0.6 is 11.8 Å². The van der Waals surface area contributed by atoms with Gasteiger partial charge in [-0.2, -0.15) is 0 Å². The van der Waals surface area contributed by atoms with E-state index in [1.807, 2.05) is 13.0 Å². The average molecular weight is 330 g/mol. The van der Waals surface area contributed by atoms with Crippen LogP contribution in [0.3, 0.4) is 0 Å². The van der Waals surface area contributed by atoms with E-state index in [-0.39, 0.29) is 17.2 Å². The topological polar surface area (TPSA) is 78.5 Å².